The summed E-state index contributed by atoms with van der Waals surface area (Å²) in [7, 11) is 0. The van der Waals surface area contributed by atoms with E-state index in [0.717, 1.165) is 11.3 Å². The average molecular weight is 214 g/mol. The van der Waals surface area contributed by atoms with Crippen molar-refractivity contribution in [1.82, 2.24) is 15.1 Å². The van der Waals surface area contributed by atoms with Gasteiger partial charge in [-0.2, -0.15) is 0 Å². The molecule has 0 atom stereocenters. The van der Waals surface area contributed by atoms with Gasteiger partial charge in [0.1, 0.15) is 0 Å². The van der Waals surface area contributed by atoms with Crippen molar-refractivity contribution in [3.8, 4) is 0 Å². The van der Waals surface area contributed by atoms with E-state index in [4.69, 9.17) is 10.5 Å². The zero-order valence-corrected chi connectivity index (χ0v) is 8.29. The van der Waals surface area contributed by atoms with Crippen LogP contribution in [0.4, 0.5) is 5.13 Å². The maximum atomic E-state index is 11.7. The van der Waals surface area contributed by atoms with E-state index < -0.39 is 0 Å². The van der Waals surface area contributed by atoms with Gasteiger partial charge >= 0.3 is 0 Å². The summed E-state index contributed by atoms with van der Waals surface area (Å²) in [6.45, 7) is 2.39. The predicted octanol–water partition coefficient (Wildman–Crippen LogP) is -0.407. The summed E-state index contributed by atoms with van der Waals surface area (Å²) in [4.78, 5) is 13.4. The monoisotopic (exact) mass is 214 g/mol. The van der Waals surface area contributed by atoms with Crippen LogP contribution in [-0.2, 0) is 4.74 Å². The Labute approximate surface area is 84.7 Å². The third-order valence-corrected chi connectivity index (χ3v) is 2.66. The summed E-state index contributed by atoms with van der Waals surface area (Å²) in [5.74, 6) is -0.109. The molecule has 2 rings (SSSR count). The molecule has 1 aliphatic rings. The molecule has 0 unspecified atom stereocenters. The van der Waals surface area contributed by atoms with Gasteiger partial charge in [0.05, 0.1) is 13.2 Å². The van der Waals surface area contributed by atoms with Crippen molar-refractivity contribution in [2.24, 2.45) is 0 Å². The zero-order valence-electron chi connectivity index (χ0n) is 7.47. The summed E-state index contributed by atoms with van der Waals surface area (Å²) < 4.78 is 5.14. The number of aromatic nitrogens is 2. The van der Waals surface area contributed by atoms with Gasteiger partial charge in [0.15, 0.2) is 0 Å². The molecule has 7 heteroatoms. The Morgan fingerprint density at radius 3 is 2.71 bits per heavy atom. The minimum Gasteiger partial charge on any atom is -0.378 e. The zero-order chi connectivity index (χ0) is 9.97. The molecule has 1 aromatic rings. The Morgan fingerprint density at radius 1 is 1.43 bits per heavy atom. The topological polar surface area (TPSA) is 81.3 Å². The number of anilines is 1. The normalized spacial score (nSPS) is 17.0. The van der Waals surface area contributed by atoms with E-state index in [-0.39, 0.29) is 5.91 Å². The molecule has 1 saturated heterocycles. The Hall–Kier alpha value is -1.21. The Balaban J connectivity index is 2.07. The van der Waals surface area contributed by atoms with Crippen LogP contribution in [0.1, 0.15) is 9.80 Å². The number of hydrogen-bond donors (Lipinski definition) is 1. The summed E-state index contributed by atoms with van der Waals surface area (Å²) >= 11 is 1.11. The molecule has 6 nitrogen and oxygen atoms in total. The van der Waals surface area contributed by atoms with E-state index in [1.807, 2.05) is 0 Å². The van der Waals surface area contributed by atoms with Crippen molar-refractivity contribution in [1.29, 1.82) is 0 Å². The van der Waals surface area contributed by atoms with Gasteiger partial charge in [-0.05, 0) is 0 Å². The number of morpholine rings is 1. The minimum atomic E-state index is -0.109. The second kappa shape index (κ2) is 3.89. The van der Waals surface area contributed by atoms with Crippen molar-refractivity contribution in [3.63, 3.8) is 0 Å². The van der Waals surface area contributed by atoms with Crippen LogP contribution in [0.2, 0.25) is 0 Å². The molecule has 1 fully saturated rings. The fourth-order valence-corrected chi connectivity index (χ4v) is 1.80. The van der Waals surface area contributed by atoms with Gasteiger partial charge in [-0.25, -0.2) is 0 Å². The lowest BCUT2D eigenvalue weighted by molar-refractivity contribution is 0.0302. The highest BCUT2D eigenvalue weighted by Crippen LogP contribution is 2.14. The molecule has 0 aromatic carbocycles. The molecule has 0 spiro atoms. The molecular formula is C7H10N4O2S. The lowest BCUT2D eigenvalue weighted by Crippen LogP contribution is -2.40. The molecule has 0 aliphatic carbocycles. The van der Waals surface area contributed by atoms with Gasteiger partial charge in [0, 0.05) is 13.1 Å². The van der Waals surface area contributed by atoms with Gasteiger partial charge in [-0.1, -0.05) is 11.3 Å². The molecule has 0 bridgehead atoms. The van der Waals surface area contributed by atoms with Gasteiger partial charge in [0.25, 0.3) is 5.91 Å². The van der Waals surface area contributed by atoms with Crippen LogP contribution in [0, 0.1) is 0 Å². The second-order valence-corrected chi connectivity index (χ2v) is 3.86. The van der Waals surface area contributed by atoms with E-state index in [2.05, 4.69) is 10.2 Å². The largest absolute Gasteiger partial charge is 0.378 e. The molecule has 1 aromatic heterocycles. The lowest BCUT2D eigenvalue weighted by atomic mass is 10.4. The van der Waals surface area contributed by atoms with Crippen molar-refractivity contribution in [3.05, 3.63) is 5.01 Å². The smallest absolute Gasteiger partial charge is 0.285 e. The van der Waals surface area contributed by atoms with Gasteiger partial charge in [-0.3, -0.25) is 4.79 Å². The first-order valence-corrected chi connectivity index (χ1v) is 5.05. The highest BCUT2D eigenvalue weighted by molar-refractivity contribution is 7.16. The number of carbonyl (C=O) groups excluding carboxylic acids is 1. The second-order valence-electron chi connectivity index (χ2n) is 2.85. The Morgan fingerprint density at radius 2 is 2.14 bits per heavy atom. The maximum Gasteiger partial charge on any atom is 0.285 e. The molecule has 1 amide bonds. The number of amides is 1. The molecule has 0 radical (unpaired) electrons. The van der Waals surface area contributed by atoms with Crippen LogP contribution in [0.3, 0.4) is 0 Å². The fourth-order valence-electron chi connectivity index (χ4n) is 1.22. The minimum absolute atomic E-state index is 0.109. The predicted molar refractivity (Wildman–Crippen MR) is 51.0 cm³/mol. The number of nitrogens with zero attached hydrogens (tertiary/aromatic N) is 3. The van der Waals surface area contributed by atoms with Crippen molar-refractivity contribution < 1.29 is 9.53 Å². The first-order valence-electron chi connectivity index (χ1n) is 4.23. The van der Waals surface area contributed by atoms with Crippen molar-refractivity contribution in [2.75, 3.05) is 32.0 Å². The van der Waals surface area contributed by atoms with E-state index in [1.165, 1.54) is 0 Å². The number of ether oxygens (including phenoxy) is 1. The molecule has 2 heterocycles. The first-order chi connectivity index (χ1) is 6.77. The third-order valence-electron chi connectivity index (χ3n) is 1.92. The third kappa shape index (κ3) is 1.83. The summed E-state index contributed by atoms with van der Waals surface area (Å²) in [5, 5.41) is 7.97. The van der Waals surface area contributed by atoms with Crippen LogP contribution >= 0.6 is 11.3 Å². The van der Waals surface area contributed by atoms with Gasteiger partial charge in [-0.15, -0.1) is 10.2 Å². The molecular weight excluding hydrogens is 204 g/mol. The molecule has 14 heavy (non-hydrogen) atoms. The van der Waals surface area contributed by atoms with E-state index in [1.54, 1.807) is 4.90 Å². The lowest BCUT2D eigenvalue weighted by Gasteiger charge is -2.25. The summed E-state index contributed by atoms with van der Waals surface area (Å²) in [6.07, 6.45) is 0. The van der Waals surface area contributed by atoms with Crippen LogP contribution in [-0.4, -0.2) is 47.3 Å². The number of hydrogen-bond acceptors (Lipinski definition) is 6. The SMILES string of the molecule is Nc1nnc(C(=O)N2CCOCC2)s1. The number of nitrogen functional groups attached to an aromatic ring is 1. The van der Waals surface area contributed by atoms with Crippen LogP contribution in [0.5, 0.6) is 0 Å². The standard InChI is InChI=1S/C7H10N4O2S/c8-7-10-9-5(14-7)6(12)11-1-3-13-4-2-11/h1-4H2,(H2,8,10). The van der Waals surface area contributed by atoms with E-state index >= 15 is 0 Å². The average Bonchev–Trinajstić information content (AvgIpc) is 2.65. The molecule has 0 saturated carbocycles. The fraction of sp³-hybridized carbons (Fsp3) is 0.571. The molecule has 76 valence electrons. The highest BCUT2D eigenvalue weighted by atomic mass is 32.1. The van der Waals surface area contributed by atoms with Crippen LogP contribution in [0.25, 0.3) is 0 Å². The quantitative estimate of drug-likeness (QED) is 0.687. The van der Waals surface area contributed by atoms with Gasteiger partial charge < -0.3 is 15.4 Å². The van der Waals surface area contributed by atoms with E-state index in [0.29, 0.717) is 36.4 Å². The highest BCUT2D eigenvalue weighted by Gasteiger charge is 2.21. The van der Waals surface area contributed by atoms with E-state index in [9.17, 15) is 4.79 Å². The summed E-state index contributed by atoms with van der Waals surface area (Å²) in [6, 6.07) is 0. The first kappa shape index (κ1) is 9.35. The summed E-state index contributed by atoms with van der Waals surface area (Å²) in [5.41, 5.74) is 5.40. The van der Waals surface area contributed by atoms with Crippen molar-refractivity contribution in [2.45, 2.75) is 0 Å². The Bertz CT molecular complexity index is 334. The maximum absolute atomic E-state index is 11.7. The Kier molecular flexibility index (Phi) is 2.60. The van der Waals surface area contributed by atoms with Crippen LogP contribution in [0.15, 0.2) is 0 Å². The van der Waals surface area contributed by atoms with Crippen molar-refractivity contribution >= 4 is 22.4 Å². The molecule has 2 N–H and O–H groups in total. The number of carbonyl (C=O) groups is 1. The van der Waals surface area contributed by atoms with Crippen LogP contribution < -0.4 is 5.73 Å². The number of nitrogens with two attached hydrogens (primary N) is 1. The number of rotatable bonds is 1. The van der Waals surface area contributed by atoms with Gasteiger partial charge in [0.2, 0.25) is 10.1 Å². The molecule has 1 aliphatic heterocycles.